The van der Waals surface area contributed by atoms with Gasteiger partial charge in [-0.2, -0.15) is 0 Å². The van der Waals surface area contributed by atoms with Crippen LogP contribution in [0.3, 0.4) is 0 Å². The molecule has 1 aromatic heterocycles. The lowest BCUT2D eigenvalue weighted by atomic mass is 9.98. The van der Waals surface area contributed by atoms with Crippen LogP contribution in [0, 0.1) is 0 Å². The van der Waals surface area contributed by atoms with Crippen LogP contribution >= 0.6 is 0 Å². The number of ether oxygens (including phenoxy) is 2. The van der Waals surface area contributed by atoms with Gasteiger partial charge in [-0.05, 0) is 56.5 Å². The van der Waals surface area contributed by atoms with Gasteiger partial charge < -0.3 is 34.0 Å². The van der Waals surface area contributed by atoms with Gasteiger partial charge in [-0.1, -0.05) is 13.0 Å². The first kappa shape index (κ1) is 27.1. The maximum Gasteiger partial charge on any atom is 0.636 e. The summed E-state index contributed by atoms with van der Waals surface area (Å²) in [6.45, 7) is 7.55. The SMILES string of the molecule is CCCOc1cc(-c2cncc([C@@H](CO)COB(O)O[C@H](C)CC(C)(C)O)c2)ccc1OC. The van der Waals surface area contributed by atoms with Gasteiger partial charge >= 0.3 is 7.32 Å². The summed E-state index contributed by atoms with van der Waals surface area (Å²) in [5.74, 6) is 0.907. The van der Waals surface area contributed by atoms with Crippen molar-refractivity contribution >= 4 is 7.32 Å². The summed E-state index contributed by atoms with van der Waals surface area (Å²) in [6, 6.07) is 7.60. The minimum absolute atomic E-state index is 0.0332. The molecule has 3 N–H and O–H groups in total. The summed E-state index contributed by atoms with van der Waals surface area (Å²) >= 11 is 0. The van der Waals surface area contributed by atoms with Crippen LogP contribution in [0.4, 0.5) is 0 Å². The van der Waals surface area contributed by atoms with Crippen molar-refractivity contribution < 1.29 is 34.0 Å². The van der Waals surface area contributed by atoms with Gasteiger partial charge in [0, 0.05) is 43.0 Å². The van der Waals surface area contributed by atoms with Gasteiger partial charge in [0.15, 0.2) is 11.5 Å². The quantitative estimate of drug-likeness (QED) is 0.368. The number of aliphatic hydroxyl groups is 2. The lowest BCUT2D eigenvalue weighted by Crippen LogP contribution is -2.34. The third kappa shape index (κ3) is 8.95. The number of pyridine rings is 1. The molecular formula is C24H36BNO7. The summed E-state index contributed by atoms with van der Waals surface area (Å²) in [4.78, 5) is 4.32. The fraction of sp³-hybridized carbons (Fsp3) is 0.542. The van der Waals surface area contributed by atoms with E-state index in [4.69, 9.17) is 18.8 Å². The van der Waals surface area contributed by atoms with Crippen molar-refractivity contribution in [3.05, 3.63) is 42.2 Å². The predicted octanol–water partition coefficient (Wildman–Crippen LogP) is 3.18. The fourth-order valence-electron chi connectivity index (χ4n) is 3.46. The first-order chi connectivity index (χ1) is 15.7. The molecule has 0 aliphatic rings. The summed E-state index contributed by atoms with van der Waals surface area (Å²) < 4.78 is 22.0. The first-order valence-electron chi connectivity index (χ1n) is 11.2. The van der Waals surface area contributed by atoms with Crippen LogP contribution in [0.15, 0.2) is 36.7 Å². The van der Waals surface area contributed by atoms with Crippen molar-refractivity contribution in [2.45, 2.75) is 58.2 Å². The van der Waals surface area contributed by atoms with Gasteiger partial charge in [0.05, 0.1) is 25.9 Å². The zero-order chi connectivity index (χ0) is 24.4. The molecule has 0 radical (unpaired) electrons. The molecule has 2 atom stereocenters. The van der Waals surface area contributed by atoms with E-state index in [2.05, 4.69) is 4.98 Å². The molecule has 0 fully saturated rings. The molecule has 2 aromatic rings. The Morgan fingerprint density at radius 2 is 1.88 bits per heavy atom. The summed E-state index contributed by atoms with van der Waals surface area (Å²) in [5.41, 5.74) is 1.60. The fourth-order valence-corrected chi connectivity index (χ4v) is 3.46. The van der Waals surface area contributed by atoms with E-state index in [-0.39, 0.29) is 13.2 Å². The number of nitrogens with zero attached hydrogens (tertiary/aromatic N) is 1. The Balaban J connectivity index is 2.09. The molecule has 2 rings (SSSR count). The number of aromatic nitrogens is 1. The van der Waals surface area contributed by atoms with Crippen LogP contribution in [0.1, 0.15) is 52.0 Å². The second kappa shape index (κ2) is 12.9. The van der Waals surface area contributed by atoms with Gasteiger partial charge in [0.25, 0.3) is 0 Å². The molecule has 8 nitrogen and oxygen atoms in total. The zero-order valence-electron chi connectivity index (χ0n) is 20.2. The predicted molar refractivity (Wildman–Crippen MR) is 127 cm³/mol. The largest absolute Gasteiger partial charge is 0.636 e. The molecule has 0 saturated heterocycles. The Kier molecular flexibility index (Phi) is 10.6. The monoisotopic (exact) mass is 461 g/mol. The summed E-state index contributed by atoms with van der Waals surface area (Å²) in [5, 5.41) is 29.8. The van der Waals surface area contributed by atoms with E-state index < -0.39 is 24.9 Å². The first-order valence-corrected chi connectivity index (χ1v) is 11.2. The molecule has 0 aliphatic heterocycles. The molecular weight excluding hydrogens is 425 g/mol. The summed E-state index contributed by atoms with van der Waals surface area (Å²) in [7, 11) is 0.137. The van der Waals surface area contributed by atoms with Crippen molar-refractivity contribution in [3.8, 4) is 22.6 Å². The van der Waals surface area contributed by atoms with Crippen LogP contribution in [0.25, 0.3) is 11.1 Å². The molecule has 182 valence electrons. The van der Waals surface area contributed by atoms with E-state index in [0.717, 1.165) is 23.1 Å². The normalized spacial score (nSPS) is 13.5. The Hall–Kier alpha value is -2.17. The third-order valence-corrected chi connectivity index (χ3v) is 4.99. The molecule has 1 aromatic carbocycles. The minimum atomic E-state index is -1.47. The maximum atomic E-state index is 10.0. The molecule has 0 amide bonds. The molecule has 1 heterocycles. The molecule has 0 unspecified atom stereocenters. The van der Waals surface area contributed by atoms with Crippen molar-refractivity contribution in [2.24, 2.45) is 0 Å². The van der Waals surface area contributed by atoms with Crippen LogP contribution in [0.5, 0.6) is 11.5 Å². The molecule has 9 heteroatoms. The van der Waals surface area contributed by atoms with E-state index >= 15 is 0 Å². The van der Waals surface area contributed by atoms with Gasteiger partial charge in [-0.3, -0.25) is 4.98 Å². The Morgan fingerprint density at radius 3 is 2.52 bits per heavy atom. The number of methoxy groups -OCH3 is 1. The van der Waals surface area contributed by atoms with Crippen LogP contribution in [-0.2, 0) is 9.31 Å². The van der Waals surface area contributed by atoms with Crippen molar-refractivity contribution in [1.82, 2.24) is 4.98 Å². The highest BCUT2D eigenvalue weighted by Gasteiger charge is 2.25. The second-order valence-corrected chi connectivity index (χ2v) is 8.70. The smallest absolute Gasteiger partial charge is 0.493 e. The lowest BCUT2D eigenvalue weighted by molar-refractivity contribution is 0.0105. The average Bonchev–Trinajstić information content (AvgIpc) is 2.76. The highest BCUT2D eigenvalue weighted by molar-refractivity contribution is 6.34. The van der Waals surface area contributed by atoms with Crippen molar-refractivity contribution in [2.75, 3.05) is 26.9 Å². The Morgan fingerprint density at radius 1 is 1.12 bits per heavy atom. The standard InChI is InChI=1S/C24H36BNO7/c1-6-9-31-23-11-18(7-8-22(23)30-5)19-10-20(14-26-13-19)21(15-27)16-32-25(29)33-17(2)12-24(3,4)28/h7-8,10-11,13-14,17,21,27-29H,6,9,12,15-16H2,1-5H3/t17-,21+/m1/s1. The number of rotatable bonds is 14. The van der Waals surface area contributed by atoms with E-state index in [0.29, 0.717) is 24.5 Å². The third-order valence-electron chi connectivity index (χ3n) is 4.99. The lowest BCUT2D eigenvalue weighted by Gasteiger charge is -2.24. The zero-order valence-corrected chi connectivity index (χ0v) is 20.2. The maximum absolute atomic E-state index is 10.0. The van der Waals surface area contributed by atoms with Gasteiger partial charge in [-0.15, -0.1) is 0 Å². The van der Waals surface area contributed by atoms with E-state index in [1.807, 2.05) is 31.2 Å². The molecule has 0 spiro atoms. The number of benzene rings is 1. The van der Waals surface area contributed by atoms with Gasteiger partial charge in [0.2, 0.25) is 0 Å². The van der Waals surface area contributed by atoms with E-state index in [9.17, 15) is 15.2 Å². The van der Waals surface area contributed by atoms with E-state index in [1.165, 1.54) is 0 Å². The van der Waals surface area contributed by atoms with E-state index in [1.54, 1.807) is 40.3 Å². The van der Waals surface area contributed by atoms with Gasteiger partial charge in [0.1, 0.15) is 0 Å². The Labute approximate surface area is 196 Å². The highest BCUT2D eigenvalue weighted by atomic mass is 16.7. The van der Waals surface area contributed by atoms with Crippen LogP contribution < -0.4 is 9.47 Å². The van der Waals surface area contributed by atoms with Crippen molar-refractivity contribution in [3.63, 3.8) is 0 Å². The minimum Gasteiger partial charge on any atom is -0.493 e. The second-order valence-electron chi connectivity index (χ2n) is 8.70. The summed E-state index contributed by atoms with van der Waals surface area (Å²) in [6.07, 6.45) is 4.22. The topological polar surface area (TPSA) is 111 Å². The van der Waals surface area contributed by atoms with Gasteiger partial charge in [-0.25, -0.2) is 0 Å². The van der Waals surface area contributed by atoms with Crippen molar-refractivity contribution in [1.29, 1.82) is 0 Å². The van der Waals surface area contributed by atoms with Crippen LogP contribution in [0.2, 0.25) is 0 Å². The molecule has 0 saturated carbocycles. The average molecular weight is 461 g/mol. The van der Waals surface area contributed by atoms with Crippen LogP contribution in [-0.4, -0.2) is 66.2 Å². The molecule has 33 heavy (non-hydrogen) atoms. The Bertz CT molecular complexity index is 859. The molecule has 0 bridgehead atoms. The number of hydrogen-bond acceptors (Lipinski definition) is 8. The number of aliphatic hydroxyl groups excluding tert-OH is 1. The molecule has 0 aliphatic carbocycles. The number of hydrogen-bond donors (Lipinski definition) is 3. The highest BCUT2D eigenvalue weighted by Crippen LogP contribution is 2.33.